The first-order valence-electron chi connectivity index (χ1n) is 8.32. The molecule has 0 aliphatic carbocycles. The van der Waals surface area contributed by atoms with E-state index in [0.29, 0.717) is 17.3 Å². The van der Waals surface area contributed by atoms with Gasteiger partial charge in [0, 0.05) is 31.8 Å². The van der Waals surface area contributed by atoms with Crippen molar-refractivity contribution >= 4 is 33.6 Å². The van der Waals surface area contributed by atoms with Gasteiger partial charge in [0.05, 0.1) is 18.5 Å². The molecule has 1 heterocycles. The van der Waals surface area contributed by atoms with Crippen molar-refractivity contribution in [1.82, 2.24) is 19.4 Å². The molecule has 0 atom stereocenters. The second-order valence-corrected chi connectivity index (χ2v) is 8.38. The molecule has 9 heteroatoms. The molecule has 0 saturated heterocycles. The van der Waals surface area contributed by atoms with E-state index in [1.165, 1.54) is 11.0 Å². The average Bonchev–Trinajstić information content (AvgIpc) is 2.86. The van der Waals surface area contributed by atoms with Crippen molar-refractivity contribution in [2.75, 3.05) is 26.4 Å². The lowest BCUT2D eigenvalue weighted by Crippen LogP contribution is -2.34. The van der Waals surface area contributed by atoms with Crippen LogP contribution in [0.4, 0.5) is 0 Å². The maximum Gasteiger partial charge on any atom is 0.246 e. The Kier molecular flexibility index (Phi) is 7.18. The SMILES string of the molecule is Cc1nn(Cc2ccccc2)c(Cl)c1C=CC(=O)N(C)CCNS(C)(=O)=O. The molecule has 1 N–H and O–H groups in total. The number of hydrogen-bond donors (Lipinski definition) is 1. The molecule has 1 aromatic heterocycles. The Morgan fingerprint density at radius 3 is 2.63 bits per heavy atom. The van der Waals surface area contributed by atoms with E-state index in [1.807, 2.05) is 37.3 Å². The fourth-order valence-electron chi connectivity index (χ4n) is 2.41. The molecular weight excluding hydrogens is 388 g/mol. The summed E-state index contributed by atoms with van der Waals surface area (Å²) in [4.78, 5) is 13.6. The molecule has 0 aliphatic rings. The Morgan fingerprint density at radius 2 is 2.00 bits per heavy atom. The molecule has 2 rings (SSSR count). The fourth-order valence-corrected chi connectivity index (χ4v) is 3.17. The predicted molar refractivity (Wildman–Crippen MR) is 107 cm³/mol. The zero-order valence-electron chi connectivity index (χ0n) is 15.5. The Labute approximate surface area is 164 Å². The van der Waals surface area contributed by atoms with Crippen LogP contribution < -0.4 is 4.72 Å². The molecule has 1 aromatic carbocycles. The molecule has 27 heavy (non-hydrogen) atoms. The summed E-state index contributed by atoms with van der Waals surface area (Å²) in [6.07, 6.45) is 4.12. The van der Waals surface area contributed by atoms with E-state index >= 15 is 0 Å². The number of carbonyl (C=O) groups is 1. The third-order valence-corrected chi connectivity index (χ3v) is 4.99. The number of aryl methyl sites for hydroxylation is 1. The Hall–Kier alpha value is -2.16. The zero-order valence-corrected chi connectivity index (χ0v) is 17.1. The molecule has 0 unspecified atom stereocenters. The summed E-state index contributed by atoms with van der Waals surface area (Å²) < 4.78 is 26.1. The van der Waals surface area contributed by atoms with Crippen LogP contribution in [0.15, 0.2) is 36.4 Å². The van der Waals surface area contributed by atoms with E-state index < -0.39 is 10.0 Å². The maximum atomic E-state index is 12.2. The molecule has 0 saturated carbocycles. The van der Waals surface area contributed by atoms with Crippen molar-refractivity contribution in [1.29, 1.82) is 0 Å². The first-order chi connectivity index (χ1) is 12.7. The summed E-state index contributed by atoms with van der Waals surface area (Å²) in [5.74, 6) is -0.253. The number of nitrogens with zero attached hydrogens (tertiary/aromatic N) is 3. The highest BCUT2D eigenvalue weighted by molar-refractivity contribution is 7.88. The van der Waals surface area contributed by atoms with Crippen LogP contribution in [-0.2, 0) is 21.4 Å². The van der Waals surface area contributed by atoms with Gasteiger partial charge in [-0.1, -0.05) is 41.9 Å². The average molecular weight is 411 g/mol. The Morgan fingerprint density at radius 1 is 1.33 bits per heavy atom. The van der Waals surface area contributed by atoms with Crippen LogP contribution in [0.3, 0.4) is 0 Å². The number of nitrogens with one attached hydrogen (secondary N) is 1. The zero-order chi connectivity index (χ0) is 20.0. The van der Waals surface area contributed by atoms with Gasteiger partial charge in [-0.25, -0.2) is 17.8 Å². The Balaban J connectivity index is 2.02. The second-order valence-electron chi connectivity index (χ2n) is 6.19. The van der Waals surface area contributed by atoms with Crippen LogP contribution in [0.2, 0.25) is 5.15 Å². The van der Waals surface area contributed by atoms with Gasteiger partial charge in [-0.05, 0) is 18.6 Å². The number of hydrogen-bond acceptors (Lipinski definition) is 4. The van der Waals surface area contributed by atoms with E-state index in [1.54, 1.807) is 17.8 Å². The van der Waals surface area contributed by atoms with Crippen molar-refractivity contribution in [3.8, 4) is 0 Å². The van der Waals surface area contributed by atoms with Gasteiger partial charge >= 0.3 is 0 Å². The minimum absolute atomic E-state index is 0.156. The summed E-state index contributed by atoms with van der Waals surface area (Å²) in [5.41, 5.74) is 2.48. The van der Waals surface area contributed by atoms with Crippen LogP contribution in [0.1, 0.15) is 16.8 Å². The van der Waals surface area contributed by atoms with Crippen molar-refractivity contribution in [2.24, 2.45) is 0 Å². The number of sulfonamides is 1. The van der Waals surface area contributed by atoms with Gasteiger partial charge in [0.15, 0.2) is 0 Å². The van der Waals surface area contributed by atoms with Gasteiger partial charge < -0.3 is 4.90 Å². The topological polar surface area (TPSA) is 84.3 Å². The van der Waals surface area contributed by atoms with Crippen molar-refractivity contribution in [3.05, 3.63) is 58.4 Å². The summed E-state index contributed by atoms with van der Waals surface area (Å²) in [7, 11) is -1.67. The van der Waals surface area contributed by atoms with E-state index in [9.17, 15) is 13.2 Å². The third kappa shape index (κ3) is 6.50. The van der Waals surface area contributed by atoms with Crippen molar-refractivity contribution < 1.29 is 13.2 Å². The number of aromatic nitrogens is 2. The number of rotatable bonds is 8. The van der Waals surface area contributed by atoms with E-state index in [4.69, 9.17) is 11.6 Å². The number of carbonyl (C=O) groups excluding carboxylic acids is 1. The highest BCUT2D eigenvalue weighted by Gasteiger charge is 2.13. The molecule has 0 bridgehead atoms. The summed E-state index contributed by atoms with van der Waals surface area (Å²) in [5, 5.41) is 4.90. The van der Waals surface area contributed by atoms with E-state index in [-0.39, 0.29) is 19.0 Å². The second kappa shape index (κ2) is 9.16. The van der Waals surface area contributed by atoms with E-state index in [2.05, 4.69) is 9.82 Å². The number of benzene rings is 1. The lowest BCUT2D eigenvalue weighted by molar-refractivity contribution is -0.124. The van der Waals surface area contributed by atoms with Gasteiger partial charge in [-0.15, -0.1) is 0 Å². The maximum absolute atomic E-state index is 12.2. The van der Waals surface area contributed by atoms with Gasteiger partial charge in [0.2, 0.25) is 15.9 Å². The molecule has 0 fully saturated rings. The normalized spacial score (nSPS) is 11.9. The summed E-state index contributed by atoms with van der Waals surface area (Å²) >= 11 is 6.42. The number of amides is 1. The molecule has 1 amide bonds. The standard InChI is InChI=1S/C18H23ClN4O3S/c1-14-16(9-10-17(24)22(2)12-11-20-27(3,25)26)18(19)23(21-14)13-15-7-5-4-6-8-15/h4-10,20H,11-13H2,1-3H3. The smallest absolute Gasteiger partial charge is 0.246 e. The van der Waals surface area contributed by atoms with Gasteiger partial charge in [0.1, 0.15) is 5.15 Å². The van der Waals surface area contributed by atoms with Gasteiger partial charge in [-0.3, -0.25) is 4.79 Å². The quantitative estimate of drug-likeness (QED) is 0.674. The lowest BCUT2D eigenvalue weighted by atomic mass is 10.2. The molecule has 2 aromatic rings. The fraction of sp³-hybridized carbons (Fsp3) is 0.333. The monoisotopic (exact) mass is 410 g/mol. The molecule has 0 aliphatic heterocycles. The van der Waals surface area contributed by atoms with Crippen LogP contribution >= 0.6 is 11.6 Å². The highest BCUT2D eigenvalue weighted by Crippen LogP contribution is 2.22. The van der Waals surface area contributed by atoms with E-state index in [0.717, 1.165) is 17.5 Å². The van der Waals surface area contributed by atoms with Crippen LogP contribution in [0, 0.1) is 6.92 Å². The molecule has 7 nitrogen and oxygen atoms in total. The largest absolute Gasteiger partial charge is 0.341 e. The van der Waals surface area contributed by atoms with Gasteiger partial charge in [-0.2, -0.15) is 5.10 Å². The lowest BCUT2D eigenvalue weighted by Gasteiger charge is -2.14. The predicted octanol–water partition coefficient (Wildman–Crippen LogP) is 1.91. The molecule has 0 spiro atoms. The number of halogens is 1. The minimum atomic E-state index is -3.27. The van der Waals surface area contributed by atoms with Crippen molar-refractivity contribution in [2.45, 2.75) is 13.5 Å². The summed E-state index contributed by atoms with van der Waals surface area (Å²) in [6.45, 7) is 2.79. The minimum Gasteiger partial charge on any atom is -0.341 e. The first kappa shape index (κ1) is 21.1. The van der Waals surface area contributed by atoms with Crippen LogP contribution in [-0.4, -0.2) is 55.4 Å². The molecule has 146 valence electrons. The van der Waals surface area contributed by atoms with Crippen molar-refractivity contribution in [3.63, 3.8) is 0 Å². The highest BCUT2D eigenvalue weighted by atomic mass is 35.5. The number of likely N-dealkylation sites (N-methyl/N-ethyl adjacent to an activating group) is 1. The molecular formula is C18H23ClN4O3S. The Bertz CT molecular complexity index is 924. The summed E-state index contributed by atoms with van der Waals surface area (Å²) in [6, 6.07) is 9.83. The van der Waals surface area contributed by atoms with Gasteiger partial charge in [0.25, 0.3) is 0 Å². The first-order valence-corrected chi connectivity index (χ1v) is 10.6. The van der Waals surface area contributed by atoms with Crippen LogP contribution in [0.5, 0.6) is 0 Å². The van der Waals surface area contributed by atoms with Crippen LogP contribution in [0.25, 0.3) is 6.08 Å². The molecule has 0 radical (unpaired) electrons. The third-order valence-electron chi connectivity index (χ3n) is 3.86.